The number of fused-ring (bicyclic) bond motifs is 1. The first-order valence-corrected chi connectivity index (χ1v) is 8.25. The van der Waals surface area contributed by atoms with Crippen molar-refractivity contribution in [2.24, 2.45) is 0 Å². The number of carbonyl (C=O) groups is 1. The molecule has 25 heavy (non-hydrogen) atoms. The lowest BCUT2D eigenvalue weighted by Crippen LogP contribution is -2.40. The summed E-state index contributed by atoms with van der Waals surface area (Å²) in [7, 11) is 0. The van der Waals surface area contributed by atoms with Gasteiger partial charge in [-0.15, -0.1) is 0 Å². The molecule has 5 nitrogen and oxygen atoms in total. The molecule has 6 heteroatoms. The van der Waals surface area contributed by atoms with E-state index in [-0.39, 0.29) is 17.8 Å². The third-order valence-electron chi connectivity index (χ3n) is 4.44. The predicted molar refractivity (Wildman–Crippen MR) is 94.9 cm³/mol. The smallest absolute Gasteiger partial charge is 0.247 e. The first-order chi connectivity index (χ1) is 12.2. The molecular formula is C19H17FN4O. The molecule has 2 aromatic carbocycles. The zero-order valence-electron chi connectivity index (χ0n) is 13.5. The van der Waals surface area contributed by atoms with Gasteiger partial charge in [-0.25, -0.2) is 14.4 Å². The Labute approximate surface area is 144 Å². The van der Waals surface area contributed by atoms with Crippen molar-refractivity contribution in [3.05, 3.63) is 60.7 Å². The van der Waals surface area contributed by atoms with Gasteiger partial charge in [-0.3, -0.25) is 4.79 Å². The third kappa shape index (κ3) is 3.03. The summed E-state index contributed by atoms with van der Waals surface area (Å²) in [6.07, 6.45) is 3.16. The summed E-state index contributed by atoms with van der Waals surface area (Å²) < 4.78 is 13.3. The van der Waals surface area contributed by atoms with Crippen LogP contribution in [0.1, 0.15) is 12.8 Å². The minimum atomic E-state index is -0.372. The highest BCUT2D eigenvalue weighted by atomic mass is 19.1. The van der Waals surface area contributed by atoms with Crippen LogP contribution in [0.3, 0.4) is 0 Å². The van der Waals surface area contributed by atoms with E-state index >= 15 is 0 Å². The number of para-hydroxylation sites is 1. The number of hydrogen-bond donors (Lipinski definition) is 1. The fourth-order valence-corrected chi connectivity index (χ4v) is 3.30. The minimum absolute atomic E-state index is 0.147. The van der Waals surface area contributed by atoms with Crippen LogP contribution in [0.5, 0.6) is 0 Å². The zero-order valence-corrected chi connectivity index (χ0v) is 13.5. The van der Waals surface area contributed by atoms with Crippen molar-refractivity contribution in [3.8, 4) is 0 Å². The lowest BCUT2D eigenvalue weighted by atomic mass is 10.1. The maximum absolute atomic E-state index is 13.3. The number of hydrogen-bond acceptors (Lipinski definition) is 4. The molecule has 126 valence electrons. The van der Waals surface area contributed by atoms with E-state index in [1.807, 2.05) is 29.2 Å². The number of carbonyl (C=O) groups excluding carboxylic acids is 1. The minimum Gasteiger partial charge on any atom is -0.344 e. The monoisotopic (exact) mass is 336 g/mol. The summed E-state index contributed by atoms with van der Waals surface area (Å²) >= 11 is 0. The standard InChI is InChI=1S/C19H17FN4O/c20-13-5-3-6-14(11-13)23-19(25)17-9-4-10-24(17)18-15-7-1-2-8-16(15)21-12-22-18/h1-3,5-8,11-12,17H,4,9-10H2,(H,23,25). The fourth-order valence-electron chi connectivity index (χ4n) is 3.30. The van der Waals surface area contributed by atoms with Crippen molar-refractivity contribution in [1.29, 1.82) is 0 Å². The van der Waals surface area contributed by atoms with Crippen LogP contribution in [0.4, 0.5) is 15.9 Å². The van der Waals surface area contributed by atoms with Crippen LogP contribution in [0.15, 0.2) is 54.9 Å². The van der Waals surface area contributed by atoms with E-state index in [1.165, 1.54) is 18.5 Å². The molecule has 0 aliphatic carbocycles. The van der Waals surface area contributed by atoms with Gasteiger partial charge in [-0.1, -0.05) is 18.2 Å². The number of anilines is 2. The van der Waals surface area contributed by atoms with Gasteiger partial charge in [0.05, 0.1) is 5.52 Å². The molecule has 1 amide bonds. The van der Waals surface area contributed by atoms with Gasteiger partial charge in [0.25, 0.3) is 0 Å². The molecule has 1 saturated heterocycles. The normalized spacial score (nSPS) is 17.0. The lowest BCUT2D eigenvalue weighted by Gasteiger charge is -2.25. The predicted octanol–water partition coefficient (Wildman–Crippen LogP) is 3.38. The number of benzene rings is 2. The molecule has 1 atom stereocenters. The summed E-state index contributed by atoms with van der Waals surface area (Å²) in [4.78, 5) is 23.4. The van der Waals surface area contributed by atoms with Gasteiger partial charge in [0, 0.05) is 17.6 Å². The summed E-state index contributed by atoms with van der Waals surface area (Å²) in [6, 6.07) is 13.4. The van der Waals surface area contributed by atoms with Crippen molar-refractivity contribution in [1.82, 2.24) is 9.97 Å². The molecule has 0 spiro atoms. The number of halogens is 1. The van der Waals surface area contributed by atoms with Crippen molar-refractivity contribution in [2.45, 2.75) is 18.9 Å². The Balaban J connectivity index is 1.62. The number of rotatable bonds is 3. The summed E-state index contributed by atoms with van der Waals surface area (Å²) in [5.74, 6) is 0.246. The van der Waals surface area contributed by atoms with Gasteiger partial charge in [0.15, 0.2) is 0 Å². The summed E-state index contributed by atoms with van der Waals surface area (Å²) in [5.41, 5.74) is 1.31. The molecule has 0 saturated carbocycles. The van der Waals surface area contributed by atoms with Crippen LogP contribution < -0.4 is 10.2 Å². The maximum Gasteiger partial charge on any atom is 0.247 e. The molecule has 0 bridgehead atoms. The van der Waals surface area contributed by atoms with Crippen molar-refractivity contribution < 1.29 is 9.18 Å². The van der Waals surface area contributed by atoms with E-state index in [1.54, 1.807) is 12.1 Å². The fraction of sp³-hybridized carbons (Fsp3) is 0.211. The number of aromatic nitrogens is 2. The highest BCUT2D eigenvalue weighted by Gasteiger charge is 2.32. The van der Waals surface area contributed by atoms with E-state index in [4.69, 9.17) is 0 Å². The Bertz CT molecular complexity index is 925. The second kappa shape index (κ2) is 6.47. The third-order valence-corrected chi connectivity index (χ3v) is 4.44. The van der Waals surface area contributed by atoms with Crippen LogP contribution in [0.2, 0.25) is 0 Å². The number of nitrogens with one attached hydrogen (secondary N) is 1. The lowest BCUT2D eigenvalue weighted by molar-refractivity contribution is -0.117. The molecule has 1 fully saturated rings. The number of nitrogens with zero attached hydrogens (tertiary/aromatic N) is 3. The molecule has 1 N–H and O–H groups in total. The molecule has 1 aromatic heterocycles. The van der Waals surface area contributed by atoms with Crippen LogP contribution in [0, 0.1) is 5.82 Å². The van der Waals surface area contributed by atoms with Crippen LogP contribution >= 0.6 is 0 Å². The molecule has 1 aliphatic rings. The van der Waals surface area contributed by atoms with Gasteiger partial charge in [0.2, 0.25) is 5.91 Å². The van der Waals surface area contributed by atoms with E-state index in [0.717, 1.165) is 36.1 Å². The van der Waals surface area contributed by atoms with Gasteiger partial charge >= 0.3 is 0 Å². The van der Waals surface area contributed by atoms with E-state index in [0.29, 0.717) is 5.69 Å². The molecule has 2 heterocycles. The summed E-state index contributed by atoms with van der Waals surface area (Å²) in [6.45, 7) is 0.752. The van der Waals surface area contributed by atoms with E-state index in [9.17, 15) is 9.18 Å². The second-order valence-corrected chi connectivity index (χ2v) is 6.07. The molecular weight excluding hydrogens is 319 g/mol. The average molecular weight is 336 g/mol. The maximum atomic E-state index is 13.3. The number of amides is 1. The zero-order chi connectivity index (χ0) is 17.2. The molecule has 3 aromatic rings. The van der Waals surface area contributed by atoms with E-state index in [2.05, 4.69) is 15.3 Å². The molecule has 4 rings (SSSR count). The van der Waals surface area contributed by atoms with Gasteiger partial charge in [0.1, 0.15) is 24.0 Å². The Morgan fingerprint density at radius 3 is 2.92 bits per heavy atom. The second-order valence-electron chi connectivity index (χ2n) is 6.07. The highest BCUT2D eigenvalue weighted by molar-refractivity contribution is 5.99. The van der Waals surface area contributed by atoms with Crippen LogP contribution in [-0.2, 0) is 4.79 Å². The quantitative estimate of drug-likeness (QED) is 0.797. The Morgan fingerprint density at radius 2 is 2.04 bits per heavy atom. The Kier molecular flexibility index (Phi) is 4.01. The first kappa shape index (κ1) is 15.5. The van der Waals surface area contributed by atoms with Crippen LogP contribution in [-0.4, -0.2) is 28.5 Å². The molecule has 0 radical (unpaired) electrons. The van der Waals surface area contributed by atoms with Crippen LogP contribution in [0.25, 0.3) is 10.9 Å². The Morgan fingerprint density at radius 1 is 1.16 bits per heavy atom. The topological polar surface area (TPSA) is 58.1 Å². The average Bonchev–Trinajstić information content (AvgIpc) is 3.11. The SMILES string of the molecule is O=C(Nc1cccc(F)c1)C1CCCN1c1ncnc2ccccc12. The first-order valence-electron chi connectivity index (χ1n) is 8.25. The molecule has 1 aliphatic heterocycles. The Hall–Kier alpha value is -3.02. The van der Waals surface area contributed by atoms with E-state index < -0.39 is 0 Å². The van der Waals surface area contributed by atoms with Crippen molar-refractivity contribution in [3.63, 3.8) is 0 Å². The highest BCUT2D eigenvalue weighted by Crippen LogP contribution is 2.30. The molecule has 1 unspecified atom stereocenters. The summed E-state index contributed by atoms with van der Waals surface area (Å²) in [5, 5.41) is 3.73. The van der Waals surface area contributed by atoms with Crippen molar-refractivity contribution >= 4 is 28.3 Å². The largest absolute Gasteiger partial charge is 0.344 e. The van der Waals surface area contributed by atoms with Crippen molar-refractivity contribution in [2.75, 3.05) is 16.8 Å². The van der Waals surface area contributed by atoms with Gasteiger partial charge in [-0.05, 0) is 43.2 Å². The van der Waals surface area contributed by atoms with Gasteiger partial charge < -0.3 is 10.2 Å². The van der Waals surface area contributed by atoms with Gasteiger partial charge in [-0.2, -0.15) is 0 Å².